The van der Waals surface area contributed by atoms with Crippen LogP contribution in [0.25, 0.3) is 0 Å². The molecule has 8 heteroatoms. The van der Waals surface area contributed by atoms with Crippen LogP contribution in [-0.2, 0) is 19.3 Å². The van der Waals surface area contributed by atoms with Gasteiger partial charge in [-0.2, -0.15) is 15.4 Å². The molecule has 3 rings (SSSR count). The summed E-state index contributed by atoms with van der Waals surface area (Å²) in [5.41, 5.74) is 8.36. The number of aryl methyl sites for hydroxylation is 2. The third-order valence-corrected chi connectivity index (χ3v) is 2.90. The lowest BCUT2D eigenvalue weighted by molar-refractivity contribution is 0.518. The fourth-order valence-corrected chi connectivity index (χ4v) is 1.95. The summed E-state index contributed by atoms with van der Waals surface area (Å²) in [6.07, 6.45) is 5.60. The number of H-pyrrole nitrogens is 2. The molecule has 0 saturated heterocycles. The number of anilines is 1. The molecule has 0 aliphatic heterocycles. The predicted octanol–water partition coefficient (Wildman–Crippen LogP) is 1.50. The maximum Gasteiger partial charge on any atom is 0.197 e. The number of hydrogen-bond acceptors (Lipinski definition) is 5. The standard InChI is InChI=1S/C12H14N6O.ClH/c13-12-14-7-8(15-12)3-4-10-11(17-18-16-10)6-9-2-1-5-19-9;/h1-2,5,7H,3-4,6H2,(H3,13,14,15)(H,16,17,18);1H. The van der Waals surface area contributed by atoms with Crippen LogP contribution < -0.4 is 5.73 Å². The van der Waals surface area contributed by atoms with E-state index in [0.717, 1.165) is 35.7 Å². The zero-order valence-electron chi connectivity index (χ0n) is 10.7. The van der Waals surface area contributed by atoms with Gasteiger partial charge in [0.15, 0.2) is 5.95 Å². The first-order valence-electron chi connectivity index (χ1n) is 6.01. The van der Waals surface area contributed by atoms with E-state index in [9.17, 15) is 0 Å². The molecule has 0 aliphatic rings. The average molecular weight is 295 g/mol. The van der Waals surface area contributed by atoms with Gasteiger partial charge in [-0.05, 0) is 25.0 Å². The van der Waals surface area contributed by atoms with Crippen molar-refractivity contribution in [2.24, 2.45) is 0 Å². The molecular formula is C12H15ClN6O. The second-order valence-corrected chi connectivity index (χ2v) is 4.27. The smallest absolute Gasteiger partial charge is 0.197 e. The van der Waals surface area contributed by atoms with Crippen molar-refractivity contribution in [1.82, 2.24) is 25.4 Å². The Morgan fingerprint density at radius 1 is 1.20 bits per heavy atom. The molecule has 0 saturated carbocycles. The molecule has 0 aliphatic carbocycles. The highest BCUT2D eigenvalue weighted by Gasteiger charge is 2.10. The van der Waals surface area contributed by atoms with Gasteiger partial charge in [0.05, 0.1) is 30.3 Å². The topological polar surface area (TPSA) is 109 Å². The van der Waals surface area contributed by atoms with Crippen LogP contribution in [0.2, 0.25) is 0 Å². The number of aromatic amines is 2. The summed E-state index contributed by atoms with van der Waals surface area (Å²) in [5, 5.41) is 11.0. The van der Waals surface area contributed by atoms with Crippen molar-refractivity contribution in [1.29, 1.82) is 0 Å². The van der Waals surface area contributed by atoms with Gasteiger partial charge in [-0.15, -0.1) is 12.4 Å². The third-order valence-electron chi connectivity index (χ3n) is 2.90. The van der Waals surface area contributed by atoms with Gasteiger partial charge in [-0.3, -0.25) is 0 Å². The summed E-state index contributed by atoms with van der Waals surface area (Å²) in [4.78, 5) is 6.96. The first-order chi connectivity index (χ1) is 9.31. The second kappa shape index (κ2) is 6.25. The van der Waals surface area contributed by atoms with Gasteiger partial charge in [0.2, 0.25) is 0 Å². The zero-order valence-corrected chi connectivity index (χ0v) is 11.5. The van der Waals surface area contributed by atoms with Crippen LogP contribution in [0.5, 0.6) is 0 Å². The van der Waals surface area contributed by atoms with Gasteiger partial charge in [0, 0.05) is 5.69 Å². The van der Waals surface area contributed by atoms with Crippen LogP contribution in [0.15, 0.2) is 29.0 Å². The molecule has 0 amide bonds. The highest BCUT2D eigenvalue weighted by Crippen LogP contribution is 2.12. The van der Waals surface area contributed by atoms with E-state index >= 15 is 0 Å². The van der Waals surface area contributed by atoms with E-state index in [4.69, 9.17) is 10.2 Å². The molecule has 3 aromatic heterocycles. The summed E-state index contributed by atoms with van der Waals surface area (Å²) in [5.74, 6) is 1.31. The molecule has 0 fully saturated rings. The minimum atomic E-state index is 0. The number of aromatic nitrogens is 5. The van der Waals surface area contributed by atoms with Crippen LogP contribution in [0.3, 0.4) is 0 Å². The fraction of sp³-hybridized carbons (Fsp3) is 0.250. The summed E-state index contributed by atoms with van der Waals surface area (Å²) >= 11 is 0. The van der Waals surface area contributed by atoms with E-state index in [2.05, 4.69) is 25.4 Å². The first kappa shape index (κ1) is 14.1. The maximum absolute atomic E-state index is 5.53. The fourth-order valence-electron chi connectivity index (χ4n) is 1.95. The molecule has 0 bridgehead atoms. The van der Waals surface area contributed by atoms with Crippen molar-refractivity contribution in [2.45, 2.75) is 19.3 Å². The van der Waals surface area contributed by atoms with Crippen LogP contribution in [-0.4, -0.2) is 25.4 Å². The molecule has 20 heavy (non-hydrogen) atoms. The van der Waals surface area contributed by atoms with Crippen LogP contribution in [0, 0.1) is 0 Å². The SMILES string of the molecule is Cl.Nc1ncc(CCc2n[nH]nc2Cc2ccco2)[nH]1. The number of furan rings is 1. The van der Waals surface area contributed by atoms with E-state index in [1.165, 1.54) is 0 Å². The lowest BCUT2D eigenvalue weighted by Gasteiger charge is -1.98. The van der Waals surface area contributed by atoms with Crippen LogP contribution >= 0.6 is 12.4 Å². The van der Waals surface area contributed by atoms with Crippen molar-refractivity contribution in [3.8, 4) is 0 Å². The lowest BCUT2D eigenvalue weighted by Crippen LogP contribution is -1.98. The molecule has 0 spiro atoms. The largest absolute Gasteiger partial charge is 0.469 e. The number of nitrogens with two attached hydrogens (primary N) is 1. The summed E-state index contributed by atoms with van der Waals surface area (Å²) in [7, 11) is 0. The van der Waals surface area contributed by atoms with Gasteiger partial charge >= 0.3 is 0 Å². The van der Waals surface area contributed by atoms with E-state index < -0.39 is 0 Å². The number of nitrogens with one attached hydrogen (secondary N) is 2. The second-order valence-electron chi connectivity index (χ2n) is 4.27. The summed E-state index contributed by atoms with van der Waals surface area (Å²) in [6.45, 7) is 0. The predicted molar refractivity (Wildman–Crippen MR) is 75.6 cm³/mol. The van der Waals surface area contributed by atoms with Gasteiger partial charge < -0.3 is 15.1 Å². The van der Waals surface area contributed by atoms with E-state index in [1.807, 2.05) is 12.1 Å². The summed E-state index contributed by atoms with van der Waals surface area (Å²) < 4.78 is 5.31. The minimum Gasteiger partial charge on any atom is -0.469 e. The number of imidazole rings is 1. The van der Waals surface area contributed by atoms with E-state index in [-0.39, 0.29) is 12.4 Å². The average Bonchev–Trinajstić information content (AvgIpc) is 3.10. The third kappa shape index (κ3) is 3.18. The van der Waals surface area contributed by atoms with E-state index in [1.54, 1.807) is 12.5 Å². The Bertz CT molecular complexity index is 645. The minimum absolute atomic E-state index is 0. The molecule has 106 valence electrons. The molecule has 0 radical (unpaired) electrons. The van der Waals surface area contributed by atoms with Gasteiger partial charge in [0.25, 0.3) is 0 Å². The Morgan fingerprint density at radius 3 is 2.75 bits per heavy atom. The molecule has 4 N–H and O–H groups in total. The molecular weight excluding hydrogens is 280 g/mol. The Hall–Kier alpha value is -2.28. The molecule has 3 heterocycles. The number of nitrogens with zero attached hydrogens (tertiary/aromatic N) is 3. The van der Waals surface area contributed by atoms with Crippen molar-refractivity contribution >= 4 is 18.4 Å². The number of hydrogen-bond donors (Lipinski definition) is 3. The monoisotopic (exact) mass is 294 g/mol. The Kier molecular flexibility index (Phi) is 4.41. The van der Waals surface area contributed by atoms with Crippen molar-refractivity contribution in [3.63, 3.8) is 0 Å². The van der Waals surface area contributed by atoms with Crippen molar-refractivity contribution in [2.75, 3.05) is 5.73 Å². The Balaban J connectivity index is 0.00000147. The normalized spacial score (nSPS) is 10.4. The maximum atomic E-state index is 5.53. The van der Waals surface area contributed by atoms with E-state index in [0.29, 0.717) is 12.4 Å². The Morgan fingerprint density at radius 2 is 2.05 bits per heavy atom. The van der Waals surface area contributed by atoms with Gasteiger partial charge in [-0.25, -0.2) is 4.98 Å². The quantitative estimate of drug-likeness (QED) is 0.660. The molecule has 3 aromatic rings. The van der Waals surface area contributed by atoms with Crippen LogP contribution in [0.4, 0.5) is 5.95 Å². The number of halogens is 1. The number of nitrogen functional groups attached to an aromatic ring is 1. The molecule has 7 nitrogen and oxygen atoms in total. The molecule has 0 unspecified atom stereocenters. The van der Waals surface area contributed by atoms with Crippen LogP contribution in [0.1, 0.15) is 22.8 Å². The summed E-state index contributed by atoms with van der Waals surface area (Å²) in [6, 6.07) is 3.79. The highest BCUT2D eigenvalue weighted by atomic mass is 35.5. The molecule has 0 aromatic carbocycles. The zero-order chi connectivity index (χ0) is 13.1. The highest BCUT2D eigenvalue weighted by molar-refractivity contribution is 5.85. The molecule has 0 atom stereocenters. The number of rotatable bonds is 5. The van der Waals surface area contributed by atoms with Crippen molar-refractivity contribution < 1.29 is 4.42 Å². The van der Waals surface area contributed by atoms with Crippen molar-refractivity contribution in [3.05, 3.63) is 47.4 Å². The van der Waals surface area contributed by atoms with Gasteiger partial charge in [-0.1, -0.05) is 0 Å². The first-order valence-corrected chi connectivity index (χ1v) is 6.01. The van der Waals surface area contributed by atoms with Gasteiger partial charge in [0.1, 0.15) is 5.76 Å². The Labute approximate surface area is 121 Å². The lowest BCUT2D eigenvalue weighted by atomic mass is 10.1.